The summed E-state index contributed by atoms with van der Waals surface area (Å²) in [6, 6.07) is 0. The van der Waals surface area contributed by atoms with E-state index < -0.39 is 0 Å². The van der Waals surface area contributed by atoms with Crippen molar-refractivity contribution in [3.63, 3.8) is 0 Å². The maximum Gasteiger partial charge on any atom is 0.266 e. The van der Waals surface area contributed by atoms with Gasteiger partial charge in [0.05, 0.1) is 0 Å². The highest BCUT2D eigenvalue weighted by Gasteiger charge is 2.01. The Hall–Kier alpha value is -1.50. The summed E-state index contributed by atoms with van der Waals surface area (Å²) in [6.45, 7) is 0. The van der Waals surface area contributed by atoms with Crippen molar-refractivity contribution in [2.24, 2.45) is 22.0 Å². The number of hydrogen-bond acceptors (Lipinski definition) is 4. The molecule has 0 radical (unpaired) electrons. The van der Waals surface area contributed by atoms with Gasteiger partial charge in [0.1, 0.15) is 0 Å². The van der Waals surface area contributed by atoms with Crippen LogP contribution in [-0.2, 0) is 9.59 Å². The van der Waals surface area contributed by atoms with Crippen molar-refractivity contribution >= 4 is 11.8 Å². The summed E-state index contributed by atoms with van der Waals surface area (Å²) in [5.41, 5.74) is 1.99. The van der Waals surface area contributed by atoms with Crippen LogP contribution in [0.3, 0.4) is 0 Å². The van der Waals surface area contributed by atoms with E-state index in [0.717, 1.165) is 0 Å². The van der Waals surface area contributed by atoms with E-state index in [1.165, 1.54) is 0 Å². The predicted molar refractivity (Wildman–Crippen MR) is 44.8 cm³/mol. The molecule has 0 aliphatic carbocycles. The minimum Gasteiger partial charge on any atom is -0.304 e. The summed E-state index contributed by atoms with van der Waals surface area (Å²) in [5, 5.41) is 5.94. The largest absolute Gasteiger partial charge is 0.304 e. The first-order valence-corrected chi connectivity index (χ1v) is 3.84. The summed E-state index contributed by atoms with van der Waals surface area (Å²) in [5.74, 6) is 8.88. The Labute approximate surface area is 75.5 Å². The van der Waals surface area contributed by atoms with Gasteiger partial charge in [-0.15, -0.1) is 0 Å². The van der Waals surface area contributed by atoms with Gasteiger partial charge in [0.15, 0.2) is 0 Å². The van der Waals surface area contributed by atoms with E-state index in [1.54, 1.807) is 0 Å². The molecule has 0 spiro atoms. The Morgan fingerprint density at radius 1 is 1.23 bits per heavy atom. The molecule has 0 aromatic rings. The summed E-state index contributed by atoms with van der Waals surface area (Å²) < 4.78 is 0. The lowest BCUT2D eigenvalue weighted by Crippen LogP contribution is -2.29. The fourth-order valence-electron chi connectivity index (χ4n) is 0.748. The van der Waals surface area contributed by atoms with E-state index in [0.29, 0.717) is 19.3 Å². The number of rotatable bonds is 5. The molecule has 0 atom stereocenters. The summed E-state index contributed by atoms with van der Waals surface area (Å²) in [6.07, 6.45) is 1.72. The van der Waals surface area contributed by atoms with Crippen molar-refractivity contribution in [1.29, 1.82) is 0 Å². The second kappa shape index (κ2) is 7.17. The Morgan fingerprint density at radius 3 is 2.38 bits per heavy atom. The van der Waals surface area contributed by atoms with Gasteiger partial charge in [-0.25, -0.2) is 5.84 Å². The molecule has 7 nitrogen and oxygen atoms in total. The number of nitrogens with one attached hydrogen (secondary N) is 1. The standard InChI is InChI=1S/C6H13N5O2/c7-9-5(12)3-1-2-4-6(13)10-11-8/h1-4,7H2,(H,9,12)(H2,8,10,13). The minimum absolute atomic E-state index is 0.243. The van der Waals surface area contributed by atoms with Crippen LogP contribution in [0.1, 0.15) is 25.7 Å². The Bertz CT molecular complexity index is 203. The molecular weight excluding hydrogens is 174 g/mol. The lowest BCUT2D eigenvalue weighted by molar-refractivity contribution is -0.122. The smallest absolute Gasteiger partial charge is 0.266 e. The first-order chi connectivity index (χ1) is 6.20. The molecule has 0 aromatic heterocycles. The zero-order valence-electron chi connectivity index (χ0n) is 7.19. The van der Waals surface area contributed by atoms with Crippen LogP contribution < -0.4 is 17.1 Å². The number of hydrogen-bond donors (Lipinski definition) is 3. The number of amides is 2. The molecule has 5 N–H and O–H groups in total. The maximum absolute atomic E-state index is 10.7. The van der Waals surface area contributed by atoms with E-state index in [1.807, 2.05) is 5.43 Å². The van der Waals surface area contributed by atoms with Crippen LogP contribution in [0.25, 0.3) is 0 Å². The van der Waals surface area contributed by atoms with Crippen molar-refractivity contribution in [3.05, 3.63) is 0 Å². The topological polar surface area (TPSA) is 123 Å². The van der Waals surface area contributed by atoms with E-state index >= 15 is 0 Å². The van der Waals surface area contributed by atoms with Crippen LogP contribution in [0.2, 0.25) is 0 Å². The van der Waals surface area contributed by atoms with Crippen LogP contribution in [0, 0.1) is 0 Å². The minimum atomic E-state index is -0.379. The Balaban J connectivity index is 3.35. The molecule has 13 heavy (non-hydrogen) atoms. The number of hydrazine groups is 1. The van der Waals surface area contributed by atoms with Gasteiger partial charge < -0.3 is 5.84 Å². The molecule has 0 rings (SSSR count). The van der Waals surface area contributed by atoms with E-state index in [-0.39, 0.29) is 18.2 Å². The summed E-state index contributed by atoms with van der Waals surface area (Å²) in [7, 11) is 0. The highest BCUT2D eigenvalue weighted by atomic mass is 16.2. The fourth-order valence-corrected chi connectivity index (χ4v) is 0.748. The third kappa shape index (κ3) is 6.88. The van der Waals surface area contributed by atoms with Crippen molar-refractivity contribution in [3.8, 4) is 0 Å². The van der Waals surface area contributed by atoms with Gasteiger partial charge in [-0.3, -0.25) is 15.0 Å². The van der Waals surface area contributed by atoms with Crippen LogP contribution in [0.4, 0.5) is 0 Å². The van der Waals surface area contributed by atoms with Crippen LogP contribution in [-0.4, -0.2) is 11.8 Å². The molecule has 0 heterocycles. The van der Waals surface area contributed by atoms with E-state index in [4.69, 9.17) is 5.84 Å². The Kier molecular flexibility index (Phi) is 6.34. The van der Waals surface area contributed by atoms with Crippen molar-refractivity contribution in [2.75, 3.05) is 0 Å². The third-order valence-electron chi connectivity index (χ3n) is 1.37. The molecule has 0 saturated heterocycles. The molecular formula is C6H13N5O2. The van der Waals surface area contributed by atoms with E-state index in [9.17, 15) is 9.59 Å². The van der Waals surface area contributed by atoms with Gasteiger partial charge in [0.2, 0.25) is 5.91 Å². The molecule has 2 amide bonds. The first-order valence-electron chi connectivity index (χ1n) is 3.84. The maximum atomic E-state index is 10.7. The summed E-state index contributed by atoms with van der Waals surface area (Å²) in [4.78, 5) is 21.3. The molecule has 0 saturated carbocycles. The third-order valence-corrected chi connectivity index (χ3v) is 1.37. The van der Waals surface area contributed by atoms with Gasteiger partial charge in [-0.2, -0.15) is 0 Å². The van der Waals surface area contributed by atoms with Crippen LogP contribution in [0.5, 0.6) is 0 Å². The average molecular weight is 187 g/mol. The number of carbonyl (C=O) groups is 2. The zero-order chi connectivity index (χ0) is 10.1. The Morgan fingerprint density at radius 2 is 1.85 bits per heavy atom. The van der Waals surface area contributed by atoms with Gasteiger partial charge in [-0.1, -0.05) is 10.3 Å². The molecule has 0 fully saturated rings. The van der Waals surface area contributed by atoms with Gasteiger partial charge >= 0.3 is 0 Å². The highest BCUT2D eigenvalue weighted by Crippen LogP contribution is 2.00. The molecule has 0 bridgehead atoms. The molecule has 74 valence electrons. The van der Waals surface area contributed by atoms with Gasteiger partial charge in [-0.05, 0) is 12.8 Å². The van der Waals surface area contributed by atoms with Crippen molar-refractivity contribution in [2.45, 2.75) is 25.7 Å². The van der Waals surface area contributed by atoms with Crippen molar-refractivity contribution < 1.29 is 9.59 Å². The number of unbranched alkanes of at least 4 members (excludes halogenated alkanes) is 1. The van der Waals surface area contributed by atoms with Gasteiger partial charge in [0, 0.05) is 12.8 Å². The SMILES string of the molecule is NN=NC(=O)CCCCC(=O)NN. The molecule has 0 unspecified atom stereocenters. The molecule has 0 aromatic carbocycles. The zero-order valence-corrected chi connectivity index (χ0v) is 7.19. The van der Waals surface area contributed by atoms with Crippen molar-refractivity contribution in [1.82, 2.24) is 5.43 Å². The quantitative estimate of drug-likeness (QED) is 0.174. The first kappa shape index (κ1) is 11.5. The summed E-state index contributed by atoms with van der Waals surface area (Å²) >= 11 is 0. The number of nitrogens with two attached hydrogens (primary N) is 2. The fraction of sp³-hybridized carbons (Fsp3) is 0.667. The van der Waals surface area contributed by atoms with Gasteiger partial charge in [0.25, 0.3) is 5.91 Å². The lowest BCUT2D eigenvalue weighted by atomic mass is 10.2. The second-order valence-corrected chi connectivity index (χ2v) is 2.38. The van der Waals surface area contributed by atoms with Crippen LogP contribution >= 0.6 is 0 Å². The average Bonchev–Trinajstić information content (AvgIpc) is 2.12. The lowest BCUT2D eigenvalue weighted by Gasteiger charge is -1.97. The normalized spacial score (nSPS) is 10.2. The molecule has 7 heteroatoms. The molecule has 0 aliphatic rings. The second-order valence-electron chi connectivity index (χ2n) is 2.38. The van der Waals surface area contributed by atoms with E-state index in [2.05, 4.69) is 16.2 Å². The predicted octanol–water partition coefficient (Wildman–Crippen LogP) is -0.611. The monoisotopic (exact) mass is 187 g/mol. The molecule has 0 aliphatic heterocycles. The number of nitrogens with zero attached hydrogens (tertiary/aromatic N) is 2. The van der Waals surface area contributed by atoms with Crippen LogP contribution in [0.15, 0.2) is 10.3 Å². The number of carbonyl (C=O) groups excluding carboxylic acids is 2. The highest BCUT2D eigenvalue weighted by molar-refractivity contribution is 5.76.